The van der Waals surface area contributed by atoms with Gasteiger partial charge in [0.2, 0.25) is 0 Å². The molecular formula is C16H33N3O4. The van der Waals surface area contributed by atoms with Crippen molar-refractivity contribution < 1.29 is 19.1 Å². The first-order valence-electron chi connectivity index (χ1n) is 8.06. The average molecular weight is 331 g/mol. The van der Waals surface area contributed by atoms with Crippen LogP contribution in [0.3, 0.4) is 0 Å². The Kier molecular flexibility index (Phi) is 9.64. The van der Waals surface area contributed by atoms with Crippen molar-refractivity contribution in [3.8, 4) is 0 Å². The smallest absolute Gasteiger partial charge is 0.407 e. The Morgan fingerprint density at radius 3 is 2.17 bits per heavy atom. The molecule has 0 aromatic heterocycles. The summed E-state index contributed by atoms with van der Waals surface area (Å²) in [5.41, 5.74) is -0.544. The van der Waals surface area contributed by atoms with E-state index >= 15 is 0 Å². The second kappa shape index (κ2) is 10.3. The van der Waals surface area contributed by atoms with Crippen molar-refractivity contribution >= 4 is 12.1 Å². The predicted octanol–water partition coefficient (Wildman–Crippen LogP) is 2.26. The maximum atomic E-state index is 12.0. The minimum Gasteiger partial charge on any atom is -0.444 e. The SMILES string of the molecule is COC[C@H](C)NC(=O)N[C@@H](CNC(=O)OC(C)(C)C)CC(C)C. The third-order valence-corrected chi connectivity index (χ3v) is 2.78. The summed E-state index contributed by atoms with van der Waals surface area (Å²) in [5, 5.41) is 8.37. The molecule has 7 heteroatoms. The minimum atomic E-state index is -0.544. The lowest BCUT2D eigenvalue weighted by Crippen LogP contribution is -2.51. The molecule has 7 nitrogen and oxygen atoms in total. The zero-order valence-corrected chi connectivity index (χ0v) is 15.5. The highest BCUT2D eigenvalue weighted by Crippen LogP contribution is 2.07. The third kappa shape index (κ3) is 12.7. The van der Waals surface area contributed by atoms with Gasteiger partial charge in [0.05, 0.1) is 12.6 Å². The second-order valence-electron chi connectivity index (χ2n) is 7.18. The van der Waals surface area contributed by atoms with Gasteiger partial charge in [-0.05, 0) is 40.0 Å². The molecule has 23 heavy (non-hydrogen) atoms. The van der Waals surface area contributed by atoms with E-state index in [2.05, 4.69) is 29.8 Å². The Balaban J connectivity index is 4.41. The highest BCUT2D eigenvalue weighted by molar-refractivity contribution is 5.74. The van der Waals surface area contributed by atoms with E-state index in [1.54, 1.807) is 27.9 Å². The molecule has 0 fully saturated rings. The summed E-state index contributed by atoms with van der Waals surface area (Å²) in [4.78, 5) is 23.7. The summed E-state index contributed by atoms with van der Waals surface area (Å²) in [6.45, 7) is 12.2. The van der Waals surface area contributed by atoms with Gasteiger partial charge in [-0.25, -0.2) is 9.59 Å². The zero-order valence-electron chi connectivity index (χ0n) is 15.5. The summed E-state index contributed by atoms with van der Waals surface area (Å²) in [5.74, 6) is 0.386. The topological polar surface area (TPSA) is 88.7 Å². The van der Waals surface area contributed by atoms with E-state index in [1.807, 2.05) is 6.92 Å². The third-order valence-electron chi connectivity index (χ3n) is 2.78. The Labute approximate surface area is 139 Å². The van der Waals surface area contributed by atoms with Gasteiger partial charge in [0, 0.05) is 19.7 Å². The van der Waals surface area contributed by atoms with Gasteiger partial charge in [-0.15, -0.1) is 0 Å². The van der Waals surface area contributed by atoms with Gasteiger partial charge in [0.15, 0.2) is 0 Å². The van der Waals surface area contributed by atoms with Crippen LogP contribution in [0.25, 0.3) is 0 Å². The van der Waals surface area contributed by atoms with Gasteiger partial charge in [-0.1, -0.05) is 13.8 Å². The summed E-state index contributed by atoms with van der Waals surface area (Å²) in [7, 11) is 1.59. The van der Waals surface area contributed by atoms with Crippen LogP contribution in [0.2, 0.25) is 0 Å². The molecule has 0 heterocycles. The lowest BCUT2D eigenvalue weighted by molar-refractivity contribution is 0.0521. The number of carbonyl (C=O) groups is 2. The van der Waals surface area contributed by atoms with Crippen LogP contribution in [-0.2, 0) is 9.47 Å². The number of urea groups is 1. The van der Waals surface area contributed by atoms with Gasteiger partial charge in [0.25, 0.3) is 0 Å². The summed E-state index contributed by atoms with van der Waals surface area (Å²) in [6, 6.07) is -0.526. The number of alkyl carbamates (subject to hydrolysis) is 1. The molecule has 0 aromatic rings. The van der Waals surface area contributed by atoms with Gasteiger partial charge < -0.3 is 25.4 Å². The second-order valence-corrected chi connectivity index (χ2v) is 7.18. The molecule has 0 saturated heterocycles. The fourth-order valence-electron chi connectivity index (χ4n) is 2.03. The molecule has 0 aliphatic rings. The van der Waals surface area contributed by atoms with Crippen LogP contribution < -0.4 is 16.0 Å². The molecule has 136 valence electrons. The molecule has 0 bridgehead atoms. The van der Waals surface area contributed by atoms with E-state index in [4.69, 9.17) is 9.47 Å². The van der Waals surface area contributed by atoms with Gasteiger partial charge in [-0.3, -0.25) is 0 Å². The van der Waals surface area contributed by atoms with Gasteiger partial charge in [-0.2, -0.15) is 0 Å². The van der Waals surface area contributed by atoms with Gasteiger partial charge >= 0.3 is 12.1 Å². The van der Waals surface area contributed by atoms with Crippen molar-refractivity contribution in [3.63, 3.8) is 0 Å². The number of nitrogens with one attached hydrogen (secondary N) is 3. The van der Waals surface area contributed by atoms with Crippen molar-refractivity contribution in [2.75, 3.05) is 20.3 Å². The normalized spacial score (nSPS) is 14.1. The van der Waals surface area contributed by atoms with Crippen molar-refractivity contribution in [1.82, 2.24) is 16.0 Å². The highest BCUT2D eigenvalue weighted by Gasteiger charge is 2.19. The number of ether oxygens (including phenoxy) is 2. The highest BCUT2D eigenvalue weighted by atomic mass is 16.6. The molecule has 0 radical (unpaired) electrons. The van der Waals surface area contributed by atoms with E-state index in [-0.39, 0.29) is 18.1 Å². The van der Waals surface area contributed by atoms with Crippen LogP contribution in [0, 0.1) is 5.92 Å². The van der Waals surface area contributed by atoms with Crippen LogP contribution in [0.5, 0.6) is 0 Å². The lowest BCUT2D eigenvalue weighted by Gasteiger charge is -2.24. The van der Waals surface area contributed by atoms with Crippen molar-refractivity contribution in [2.45, 2.75) is 65.6 Å². The van der Waals surface area contributed by atoms with E-state index in [0.29, 0.717) is 19.1 Å². The average Bonchev–Trinajstić information content (AvgIpc) is 2.33. The first-order valence-corrected chi connectivity index (χ1v) is 8.06. The van der Waals surface area contributed by atoms with Crippen molar-refractivity contribution in [3.05, 3.63) is 0 Å². The Hall–Kier alpha value is -1.50. The van der Waals surface area contributed by atoms with Gasteiger partial charge in [0.1, 0.15) is 5.60 Å². The monoisotopic (exact) mass is 331 g/mol. The molecule has 2 atom stereocenters. The first kappa shape index (κ1) is 21.5. The number of hydrogen-bond acceptors (Lipinski definition) is 4. The maximum Gasteiger partial charge on any atom is 0.407 e. The van der Waals surface area contributed by atoms with Crippen LogP contribution in [0.1, 0.15) is 48.0 Å². The molecule has 0 unspecified atom stereocenters. The Bertz CT molecular complexity index is 367. The molecule has 0 spiro atoms. The molecule has 0 aliphatic carbocycles. The summed E-state index contributed by atoms with van der Waals surface area (Å²) in [6.07, 6.45) is 0.267. The number of rotatable bonds is 8. The maximum absolute atomic E-state index is 12.0. The summed E-state index contributed by atoms with van der Waals surface area (Å²) >= 11 is 0. The zero-order chi connectivity index (χ0) is 18.0. The molecule has 0 aromatic carbocycles. The molecule has 3 amide bonds. The van der Waals surface area contributed by atoms with E-state index in [0.717, 1.165) is 6.42 Å². The molecule has 0 rings (SSSR count). The number of methoxy groups -OCH3 is 1. The van der Waals surface area contributed by atoms with Crippen LogP contribution >= 0.6 is 0 Å². The molecule has 0 aliphatic heterocycles. The number of carbonyl (C=O) groups excluding carboxylic acids is 2. The quantitative estimate of drug-likeness (QED) is 0.636. The van der Waals surface area contributed by atoms with E-state index in [1.165, 1.54) is 0 Å². The van der Waals surface area contributed by atoms with Crippen molar-refractivity contribution in [1.29, 1.82) is 0 Å². The standard InChI is InChI=1S/C16H33N3O4/c1-11(2)8-13(9-17-15(21)23-16(4,5)6)19-14(20)18-12(3)10-22-7/h11-13H,8-10H2,1-7H3,(H,17,21)(H2,18,19,20)/t12-,13+/m0/s1. The predicted molar refractivity (Wildman–Crippen MR) is 90.5 cm³/mol. The first-order chi connectivity index (χ1) is 10.5. The van der Waals surface area contributed by atoms with Crippen LogP contribution in [0.15, 0.2) is 0 Å². The molecule has 0 saturated carbocycles. The Morgan fingerprint density at radius 2 is 1.70 bits per heavy atom. The fourth-order valence-corrected chi connectivity index (χ4v) is 2.03. The number of amides is 3. The fraction of sp³-hybridized carbons (Fsp3) is 0.875. The Morgan fingerprint density at radius 1 is 1.09 bits per heavy atom. The van der Waals surface area contributed by atoms with E-state index < -0.39 is 11.7 Å². The minimum absolute atomic E-state index is 0.0847. The van der Waals surface area contributed by atoms with Crippen LogP contribution in [0.4, 0.5) is 9.59 Å². The number of hydrogen-bond donors (Lipinski definition) is 3. The largest absolute Gasteiger partial charge is 0.444 e. The van der Waals surface area contributed by atoms with E-state index in [9.17, 15) is 9.59 Å². The van der Waals surface area contributed by atoms with Crippen LogP contribution in [-0.4, -0.2) is 50.1 Å². The molecular weight excluding hydrogens is 298 g/mol. The van der Waals surface area contributed by atoms with Crippen molar-refractivity contribution in [2.24, 2.45) is 5.92 Å². The summed E-state index contributed by atoms with van der Waals surface area (Å²) < 4.78 is 10.2. The lowest BCUT2D eigenvalue weighted by atomic mass is 10.0. The molecule has 3 N–H and O–H groups in total.